The second-order valence-corrected chi connectivity index (χ2v) is 8.06. The smallest absolute Gasteiger partial charge is 0.349 e. The monoisotopic (exact) mass is 471 g/mol. The Morgan fingerprint density at radius 3 is 2.54 bits per heavy atom. The molecule has 0 aliphatic carbocycles. The largest absolute Gasteiger partial charge is 0.494 e. The van der Waals surface area contributed by atoms with E-state index in [0.717, 1.165) is 16.9 Å². The fourth-order valence-electron chi connectivity index (χ4n) is 3.48. The van der Waals surface area contributed by atoms with Crippen LogP contribution in [-0.4, -0.2) is 18.5 Å². The van der Waals surface area contributed by atoms with Gasteiger partial charge in [-0.15, -0.1) is 0 Å². The predicted octanol–water partition coefficient (Wildman–Crippen LogP) is 4.80. The van der Waals surface area contributed by atoms with Gasteiger partial charge in [0.15, 0.2) is 0 Å². The summed E-state index contributed by atoms with van der Waals surface area (Å²) >= 11 is 0. The molecule has 0 fully saturated rings. The molecule has 1 amide bonds. The van der Waals surface area contributed by atoms with Crippen molar-refractivity contribution in [2.75, 3.05) is 6.61 Å². The van der Waals surface area contributed by atoms with E-state index in [9.17, 15) is 14.4 Å². The normalized spacial score (nSPS) is 10.7. The number of hydrogen-bond donors (Lipinski definition) is 1. The minimum Gasteiger partial charge on any atom is -0.494 e. The van der Waals surface area contributed by atoms with Gasteiger partial charge in [-0.05, 0) is 54.8 Å². The van der Waals surface area contributed by atoms with Crippen molar-refractivity contribution in [3.8, 4) is 11.5 Å². The lowest BCUT2D eigenvalue weighted by Gasteiger charge is -2.08. The van der Waals surface area contributed by atoms with E-state index >= 15 is 0 Å². The summed E-state index contributed by atoms with van der Waals surface area (Å²) in [5, 5.41) is 3.26. The molecular weight excluding hydrogens is 446 g/mol. The van der Waals surface area contributed by atoms with E-state index in [1.807, 2.05) is 61.5 Å². The standard InChI is InChI=1S/C28H25NO6/c1-19-7-5-10-22(15-19)33-14-6-11-26(30)34-23-13-12-21-16-24(28(32)35-25(21)17-23)27(31)29-18-20-8-3-2-4-9-20/h2-5,7-10,12-13,15-17H,6,11,14,18H2,1H3,(H,29,31). The summed E-state index contributed by atoms with van der Waals surface area (Å²) in [6.07, 6.45) is 0.672. The molecule has 0 radical (unpaired) electrons. The first-order valence-corrected chi connectivity index (χ1v) is 11.3. The highest BCUT2D eigenvalue weighted by Crippen LogP contribution is 2.21. The molecule has 0 atom stereocenters. The summed E-state index contributed by atoms with van der Waals surface area (Å²) in [4.78, 5) is 37.0. The Bertz CT molecular complexity index is 1390. The van der Waals surface area contributed by atoms with E-state index in [2.05, 4.69) is 5.32 Å². The van der Waals surface area contributed by atoms with Crippen LogP contribution in [-0.2, 0) is 11.3 Å². The Labute approximate surface area is 202 Å². The Kier molecular flexibility index (Phi) is 7.57. The topological polar surface area (TPSA) is 94.8 Å². The molecule has 1 heterocycles. The van der Waals surface area contributed by atoms with Crippen LogP contribution in [0.5, 0.6) is 11.5 Å². The number of rotatable bonds is 9. The first-order valence-electron chi connectivity index (χ1n) is 11.3. The number of aryl methyl sites for hydroxylation is 1. The number of amides is 1. The Morgan fingerprint density at radius 2 is 1.74 bits per heavy atom. The molecular formula is C28H25NO6. The van der Waals surface area contributed by atoms with Crippen molar-refractivity contribution in [1.82, 2.24) is 5.32 Å². The molecule has 1 aromatic heterocycles. The summed E-state index contributed by atoms with van der Waals surface area (Å²) in [6, 6.07) is 23.2. The molecule has 4 rings (SSSR count). The van der Waals surface area contributed by atoms with Crippen molar-refractivity contribution >= 4 is 22.8 Å². The van der Waals surface area contributed by atoms with E-state index < -0.39 is 17.5 Å². The van der Waals surface area contributed by atoms with Gasteiger partial charge in [0.05, 0.1) is 6.61 Å². The number of benzene rings is 3. The molecule has 0 aliphatic rings. The third-order valence-corrected chi connectivity index (χ3v) is 5.26. The maximum Gasteiger partial charge on any atom is 0.349 e. The third kappa shape index (κ3) is 6.57. The van der Waals surface area contributed by atoms with E-state index in [0.29, 0.717) is 25.0 Å². The van der Waals surface area contributed by atoms with Crippen molar-refractivity contribution in [2.45, 2.75) is 26.3 Å². The predicted molar refractivity (Wildman–Crippen MR) is 132 cm³/mol. The lowest BCUT2D eigenvalue weighted by atomic mass is 10.1. The van der Waals surface area contributed by atoms with Crippen molar-refractivity contribution in [3.63, 3.8) is 0 Å². The molecule has 0 saturated carbocycles. The van der Waals surface area contributed by atoms with Crippen LogP contribution in [0, 0.1) is 6.92 Å². The number of hydrogen-bond acceptors (Lipinski definition) is 6. The lowest BCUT2D eigenvalue weighted by molar-refractivity contribution is -0.134. The SMILES string of the molecule is Cc1cccc(OCCCC(=O)Oc2ccc3cc(C(=O)NCc4ccccc4)c(=O)oc3c2)c1. The van der Waals surface area contributed by atoms with Crippen molar-refractivity contribution in [3.05, 3.63) is 106 Å². The van der Waals surface area contributed by atoms with Gasteiger partial charge in [0, 0.05) is 24.4 Å². The molecule has 35 heavy (non-hydrogen) atoms. The number of esters is 1. The van der Waals surface area contributed by atoms with Crippen LogP contribution in [0.3, 0.4) is 0 Å². The van der Waals surface area contributed by atoms with E-state index in [1.165, 1.54) is 12.1 Å². The zero-order valence-corrected chi connectivity index (χ0v) is 19.3. The molecule has 178 valence electrons. The molecule has 7 nitrogen and oxygen atoms in total. The maximum absolute atomic E-state index is 12.5. The van der Waals surface area contributed by atoms with Crippen LogP contribution < -0.4 is 20.4 Å². The number of carbonyl (C=O) groups excluding carboxylic acids is 2. The number of carbonyl (C=O) groups is 2. The molecule has 0 saturated heterocycles. The van der Waals surface area contributed by atoms with Crippen LogP contribution in [0.25, 0.3) is 11.0 Å². The minimum absolute atomic E-state index is 0.0909. The maximum atomic E-state index is 12.5. The van der Waals surface area contributed by atoms with Crippen LogP contribution >= 0.6 is 0 Å². The summed E-state index contributed by atoms with van der Waals surface area (Å²) in [6.45, 7) is 2.67. The first-order chi connectivity index (χ1) is 17.0. The Hall–Kier alpha value is -4.39. The molecule has 7 heteroatoms. The summed E-state index contributed by atoms with van der Waals surface area (Å²) < 4.78 is 16.3. The number of ether oxygens (including phenoxy) is 2. The zero-order chi connectivity index (χ0) is 24.6. The van der Waals surface area contributed by atoms with E-state index in [1.54, 1.807) is 12.1 Å². The molecule has 0 unspecified atom stereocenters. The average Bonchev–Trinajstić information content (AvgIpc) is 2.85. The molecule has 1 N–H and O–H groups in total. The minimum atomic E-state index is -0.764. The average molecular weight is 472 g/mol. The zero-order valence-electron chi connectivity index (χ0n) is 19.3. The van der Waals surface area contributed by atoms with Crippen molar-refractivity contribution < 1.29 is 23.5 Å². The van der Waals surface area contributed by atoms with Gasteiger partial charge in [-0.2, -0.15) is 0 Å². The van der Waals surface area contributed by atoms with E-state index in [-0.39, 0.29) is 23.3 Å². The second kappa shape index (κ2) is 11.2. The highest BCUT2D eigenvalue weighted by Gasteiger charge is 2.15. The van der Waals surface area contributed by atoms with Crippen LogP contribution in [0.1, 0.15) is 34.3 Å². The third-order valence-electron chi connectivity index (χ3n) is 5.26. The molecule has 4 aromatic rings. The van der Waals surface area contributed by atoms with Crippen molar-refractivity contribution in [2.24, 2.45) is 0 Å². The van der Waals surface area contributed by atoms with Gasteiger partial charge < -0.3 is 19.2 Å². The van der Waals surface area contributed by atoms with Gasteiger partial charge in [-0.1, -0.05) is 42.5 Å². The number of fused-ring (bicyclic) bond motifs is 1. The van der Waals surface area contributed by atoms with Crippen LogP contribution in [0.15, 0.2) is 88.1 Å². The number of nitrogens with one attached hydrogen (secondary N) is 1. The van der Waals surface area contributed by atoms with Crippen LogP contribution in [0.2, 0.25) is 0 Å². The highest BCUT2D eigenvalue weighted by molar-refractivity contribution is 5.96. The highest BCUT2D eigenvalue weighted by atomic mass is 16.5. The second-order valence-electron chi connectivity index (χ2n) is 8.06. The van der Waals surface area contributed by atoms with E-state index in [4.69, 9.17) is 13.9 Å². The molecule has 0 bridgehead atoms. The molecule has 0 spiro atoms. The summed E-state index contributed by atoms with van der Waals surface area (Å²) in [7, 11) is 0. The summed E-state index contributed by atoms with van der Waals surface area (Å²) in [5.41, 5.74) is 1.39. The molecule has 0 aliphatic heterocycles. The van der Waals surface area contributed by atoms with Crippen LogP contribution in [0.4, 0.5) is 0 Å². The van der Waals surface area contributed by atoms with Gasteiger partial charge in [0.1, 0.15) is 22.6 Å². The Morgan fingerprint density at radius 1 is 0.914 bits per heavy atom. The fraction of sp³-hybridized carbons (Fsp3) is 0.179. The van der Waals surface area contributed by atoms with Gasteiger partial charge in [-0.3, -0.25) is 9.59 Å². The Balaban J connectivity index is 1.32. The fourth-order valence-corrected chi connectivity index (χ4v) is 3.48. The first kappa shape index (κ1) is 23.8. The van der Waals surface area contributed by atoms with Gasteiger partial charge in [-0.25, -0.2) is 4.79 Å². The summed E-state index contributed by atoms with van der Waals surface area (Å²) in [5.74, 6) is 0.0758. The van der Waals surface area contributed by atoms with Crippen molar-refractivity contribution in [1.29, 1.82) is 0 Å². The van der Waals surface area contributed by atoms with Gasteiger partial charge in [0.25, 0.3) is 5.91 Å². The molecule has 3 aromatic carbocycles. The van der Waals surface area contributed by atoms with Gasteiger partial charge >= 0.3 is 11.6 Å². The van der Waals surface area contributed by atoms with Gasteiger partial charge in [0.2, 0.25) is 0 Å². The quantitative estimate of drug-likeness (QED) is 0.163. The lowest BCUT2D eigenvalue weighted by Crippen LogP contribution is -2.27.